The highest BCUT2D eigenvalue weighted by atomic mass is 16.4. The van der Waals surface area contributed by atoms with Crippen LogP contribution in [-0.2, 0) is 14.4 Å². The lowest BCUT2D eigenvalue weighted by molar-refractivity contribution is -0.143. The maximum Gasteiger partial charge on any atom is 0.326 e. The standard InChI is InChI=1S/C11H18N2O5/c1-3-8(11(17)18)12-10(16)9-4-7(15)5-13(9)6(2)14/h7-9,15H,3-5H2,1-2H3,(H,12,16)(H,17,18)/t7-,8+,9+/m1/s1. The number of aliphatic carboxylic acids is 1. The smallest absolute Gasteiger partial charge is 0.326 e. The Morgan fingerprint density at radius 3 is 2.50 bits per heavy atom. The average Bonchev–Trinajstić information content (AvgIpc) is 2.67. The molecule has 1 rings (SSSR count). The first kappa shape index (κ1) is 14.4. The van der Waals surface area contributed by atoms with Crippen molar-refractivity contribution >= 4 is 17.8 Å². The predicted molar refractivity (Wildman–Crippen MR) is 61.7 cm³/mol. The number of carboxylic acid groups (broad SMARTS) is 1. The highest BCUT2D eigenvalue weighted by Gasteiger charge is 2.38. The summed E-state index contributed by atoms with van der Waals surface area (Å²) in [4.78, 5) is 35.3. The van der Waals surface area contributed by atoms with Gasteiger partial charge >= 0.3 is 5.97 Å². The maximum atomic E-state index is 11.9. The van der Waals surface area contributed by atoms with Gasteiger partial charge in [0.15, 0.2) is 0 Å². The van der Waals surface area contributed by atoms with Gasteiger partial charge in [-0.25, -0.2) is 4.79 Å². The number of carboxylic acids is 1. The van der Waals surface area contributed by atoms with Crippen molar-refractivity contribution in [2.75, 3.05) is 6.54 Å². The molecule has 0 aromatic heterocycles. The normalized spacial score (nSPS) is 24.7. The Morgan fingerprint density at radius 2 is 2.06 bits per heavy atom. The second kappa shape index (κ2) is 5.81. The quantitative estimate of drug-likeness (QED) is 0.596. The molecule has 1 aliphatic rings. The van der Waals surface area contributed by atoms with Gasteiger partial charge in [-0.1, -0.05) is 6.92 Å². The largest absolute Gasteiger partial charge is 0.480 e. The van der Waals surface area contributed by atoms with Gasteiger partial charge in [0.1, 0.15) is 12.1 Å². The van der Waals surface area contributed by atoms with E-state index in [1.54, 1.807) is 6.92 Å². The van der Waals surface area contributed by atoms with E-state index in [2.05, 4.69) is 5.32 Å². The number of amides is 2. The zero-order valence-electron chi connectivity index (χ0n) is 10.4. The zero-order valence-corrected chi connectivity index (χ0v) is 10.4. The van der Waals surface area contributed by atoms with E-state index in [1.807, 2.05) is 0 Å². The monoisotopic (exact) mass is 258 g/mol. The fourth-order valence-corrected chi connectivity index (χ4v) is 2.02. The number of carbonyl (C=O) groups excluding carboxylic acids is 2. The number of rotatable bonds is 4. The summed E-state index contributed by atoms with van der Waals surface area (Å²) >= 11 is 0. The van der Waals surface area contributed by atoms with Crippen LogP contribution in [-0.4, -0.2) is 57.6 Å². The Balaban J connectivity index is 2.70. The third-order valence-corrected chi connectivity index (χ3v) is 3.01. The third-order valence-electron chi connectivity index (χ3n) is 3.01. The summed E-state index contributed by atoms with van der Waals surface area (Å²) in [5.41, 5.74) is 0. The van der Waals surface area contributed by atoms with Gasteiger partial charge < -0.3 is 20.4 Å². The molecule has 7 nitrogen and oxygen atoms in total. The van der Waals surface area contributed by atoms with E-state index in [1.165, 1.54) is 11.8 Å². The molecule has 1 heterocycles. The van der Waals surface area contributed by atoms with Crippen LogP contribution in [0.2, 0.25) is 0 Å². The van der Waals surface area contributed by atoms with Crippen LogP contribution in [0.25, 0.3) is 0 Å². The minimum Gasteiger partial charge on any atom is -0.480 e. The lowest BCUT2D eigenvalue weighted by Gasteiger charge is -2.23. The van der Waals surface area contributed by atoms with Crippen LogP contribution in [0, 0.1) is 0 Å². The molecule has 0 radical (unpaired) electrons. The van der Waals surface area contributed by atoms with E-state index >= 15 is 0 Å². The fourth-order valence-electron chi connectivity index (χ4n) is 2.02. The summed E-state index contributed by atoms with van der Waals surface area (Å²) in [7, 11) is 0. The first-order chi connectivity index (χ1) is 8.36. The Kier molecular flexibility index (Phi) is 4.66. The van der Waals surface area contributed by atoms with Crippen LogP contribution >= 0.6 is 0 Å². The number of nitrogens with one attached hydrogen (secondary N) is 1. The highest BCUT2D eigenvalue weighted by molar-refractivity contribution is 5.90. The van der Waals surface area contributed by atoms with Gasteiger partial charge in [0, 0.05) is 19.9 Å². The van der Waals surface area contributed by atoms with Crippen molar-refractivity contribution in [3.05, 3.63) is 0 Å². The molecule has 1 saturated heterocycles. The molecule has 1 fully saturated rings. The molecule has 0 aromatic carbocycles. The number of carbonyl (C=O) groups is 3. The fraction of sp³-hybridized carbons (Fsp3) is 0.727. The first-order valence-electron chi connectivity index (χ1n) is 5.85. The number of hydrogen-bond acceptors (Lipinski definition) is 4. The van der Waals surface area contributed by atoms with Gasteiger partial charge in [-0.15, -0.1) is 0 Å². The van der Waals surface area contributed by atoms with Crippen molar-refractivity contribution < 1.29 is 24.6 Å². The number of hydrogen-bond donors (Lipinski definition) is 3. The third kappa shape index (κ3) is 3.19. The Bertz CT molecular complexity index is 357. The molecule has 2 amide bonds. The van der Waals surface area contributed by atoms with Gasteiger partial charge in [0.25, 0.3) is 0 Å². The number of aliphatic hydroxyl groups excluding tert-OH is 1. The summed E-state index contributed by atoms with van der Waals surface area (Å²) in [6.07, 6.45) is -0.340. The van der Waals surface area contributed by atoms with Crippen molar-refractivity contribution in [1.29, 1.82) is 0 Å². The molecule has 1 aliphatic heterocycles. The molecule has 0 spiro atoms. The van der Waals surface area contributed by atoms with Crippen molar-refractivity contribution in [2.24, 2.45) is 0 Å². The number of aliphatic hydroxyl groups is 1. The molecule has 0 unspecified atom stereocenters. The minimum absolute atomic E-state index is 0.108. The van der Waals surface area contributed by atoms with E-state index < -0.39 is 30.1 Å². The number of likely N-dealkylation sites (tertiary alicyclic amines) is 1. The molecular weight excluding hydrogens is 240 g/mol. The maximum absolute atomic E-state index is 11.9. The summed E-state index contributed by atoms with van der Waals surface area (Å²) < 4.78 is 0. The topological polar surface area (TPSA) is 107 Å². The highest BCUT2D eigenvalue weighted by Crippen LogP contribution is 2.18. The molecule has 0 aromatic rings. The van der Waals surface area contributed by atoms with E-state index in [9.17, 15) is 19.5 Å². The van der Waals surface area contributed by atoms with Crippen molar-refractivity contribution in [1.82, 2.24) is 10.2 Å². The lowest BCUT2D eigenvalue weighted by Crippen LogP contribution is -2.50. The Labute approximate surface area is 105 Å². The Morgan fingerprint density at radius 1 is 1.44 bits per heavy atom. The van der Waals surface area contributed by atoms with Crippen LogP contribution in [0.15, 0.2) is 0 Å². The average molecular weight is 258 g/mol. The molecule has 3 N–H and O–H groups in total. The van der Waals surface area contributed by atoms with Crippen LogP contribution < -0.4 is 5.32 Å². The van der Waals surface area contributed by atoms with Gasteiger partial charge in [-0.2, -0.15) is 0 Å². The first-order valence-corrected chi connectivity index (χ1v) is 5.85. The van der Waals surface area contributed by atoms with Crippen LogP contribution in [0.3, 0.4) is 0 Å². The molecule has 0 aliphatic carbocycles. The van der Waals surface area contributed by atoms with E-state index in [4.69, 9.17) is 5.11 Å². The van der Waals surface area contributed by atoms with E-state index in [-0.39, 0.29) is 25.3 Å². The number of β-amino-alcohol motifs (C(OH)–C–C–N with tert-alkyl or cyclic N) is 1. The summed E-state index contributed by atoms with van der Waals surface area (Å²) in [6, 6.07) is -1.75. The molecule has 0 bridgehead atoms. The van der Waals surface area contributed by atoms with Crippen molar-refractivity contribution in [3.63, 3.8) is 0 Å². The molecule has 7 heteroatoms. The van der Waals surface area contributed by atoms with Crippen LogP contribution in [0.4, 0.5) is 0 Å². The Hall–Kier alpha value is -1.63. The predicted octanol–water partition coefficient (Wildman–Crippen LogP) is -1.05. The van der Waals surface area contributed by atoms with Gasteiger partial charge in [0.05, 0.1) is 6.10 Å². The lowest BCUT2D eigenvalue weighted by atomic mass is 10.1. The van der Waals surface area contributed by atoms with Crippen LogP contribution in [0.1, 0.15) is 26.7 Å². The van der Waals surface area contributed by atoms with Gasteiger partial charge in [-0.3, -0.25) is 9.59 Å². The molecule has 0 saturated carbocycles. The van der Waals surface area contributed by atoms with Gasteiger partial charge in [-0.05, 0) is 6.42 Å². The minimum atomic E-state index is -1.11. The summed E-state index contributed by atoms with van der Waals surface area (Å²) in [6.45, 7) is 3.06. The number of nitrogens with zero attached hydrogens (tertiary/aromatic N) is 1. The second-order valence-corrected chi connectivity index (χ2v) is 4.38. The second-order valence-electron chi connectivity index (χ2n) is 4.38. The van der Waals surface area contributed by atoms with Crippen LogP contribution in [0.5, 0.6) is 0 Å². The van der Waals surface area contributed by atoms with Gasteiger partial charge in [0.2, 0.25) is 11.8 Å². The zero-order chi connectivity index (χ0) is 13.9. The summed E-state index contributed by atoms with van der Waals surface area (Å²) in [5.74, 6) is -1.95. The molecule has 18 heavy (non-hydrogen) atoms. The van der Waals surface area contributed by atoms with Crippen molar-refractivity contribution in [3.8, 4) is 0 Å². The van der Waals surface area contributed by atoms with E-state index in [0.29, 0.717) is 0 Å². The SMILES string of the molecule is CC[C@H](NC(=O)[C@@H]1C[C@@H](O)CN1C(C)=O)C(=O)O. The molecule has 3 atom stereocenters. The van der Waals surface area contributed by atoms with Crippen molar-refractivity contribution in [2.45, 2.75) is 44.9 Å². The van der Waals surface area contributed by atoms with E-state index in [0.717, 1.165) is 0 Å². The molecule has 102 valence electrons. The molecular formula is C11H18N2O5. The summed E-state index contributed by atoms with van der Waals surface area (Å²) in [5, 5.41) is 20.7.